The van der Waals surface area contributed by atoms with Gasteiger partial charge in [0.1, 0.15) is 0 Å². The van der Waals surface area contributed by atoms with Gasteiger partial charge in [-0.15, -0.1) is 0 Å². The SMILES string of the molecule is CCC1CCC(NCCSC(C)(C)C)C1. The Morgan fingerprint density at radius 2 is 2.00 bits per heavy atom. The molecule has 1 N–H and O–H groups in total. The summed E-state index contributed by atoms with van der Waals surface area (Å²) in [7, 11) is 0. The van der Waals surface area contributed by atoms with Crippen molar-refractivity contribution in [3.8, 4) is 0 Å². The van der Waals surface area contributed by atoms with Gasteiger partial charge in [0, 0.05) is 23.1 Å². The van der Waals surface area contributed by atoms with Crippen LogP contribution < -0.4 is 5.32 Å². The van der Waals surface area contributed by atoms with Crippen molar-refractivity contribution in [1.29, 1.82) is 0 Å². The van der Waals surface area contributed by atoms with E-state index in [1.807, 2.05) is 0 Å². The van der Waals surface area contributed by atoms with E-state index in [-0.39, 0.29) is 0 Å². The van der Waals surface area contributed by atoms with E-state index in [0.29, 0.717) is 4.75 Å². The monoisotopic (exact) mass is 229 g/mol. The summed E-state index contributed by atoms with van der Waals surface area (Å²) >= 11 is 2.06. The number of nitrogens with one attached hydrogen (secondary N) is 1. The predicted octanol–water partition coefficient (Wildman–Crippen LogP) is 3.69. The summed E-state index contributed by atoms with van der Waals surface area (Å²) in [5.74, 6) is 2.24. The van der Waals surface area contributed by atoms with Crippen molar-refractivity contribution < 1.29 is 0 Å². The summed E-state index contributed by atoms with van der Waals surface area (Å²) in [6, 6.07) is 0.815. The van der Waals surface area contributed by atoms with Crippen LogP contribution in [0.1, 0.15) is 53.4 Å². The zero-order valence-corrected chi connectivity index (χ0v) is 11.6. The highest BCUT2D eigenvalue weighted by atomic mass is 32.2. The number of thioether (sulfide) groups is 1. The van der Waals surface area contributed by atoms with E-state index in [4.69, 9.17) is 0 Å². The fourth-order valence-corrected chi connectivity index (χ4v) is 3.08. The molecule has 1 rings (SSSR count). The maximum Gasteiger partial charge on any atom is 0.00755 e. The first-order valence-corrected chi connectivity index (χ1v) is 7.37. The standard InChI is InChI=1S/C13H27NS/c1-5-11-6-7-12(10-11)14-8-9-15-13(2,3)4/h11-12,14H,5-10H2,1-4H3. The van der Waals surface area contributed by atoms with Crippen molar-refractivity contribution in [1.82, 2.24) is 5.32 Å². The van der Waals surface area contributed by atoms with Gasteiger partial charge in [0.2, 0.25) is 0 Å². The Bertz CT molecular complexity index is 174. The molecule has 0 saturated heterocycles. The van der Waals surface area contributed by atoms with Crippen LogP contribution in [0.25, 0.3) is 0 Å². The van der Waals surface area contributed by atoms with E-state index in [1.165, 1.54) is 38.0 Å². The third-order valence-corrected chi connectivity index (χ3v) is 4.46. The summed E-state index contributed by atoms with van der Waals surface area (Å²) in [5, 5.41) is 3.70. The second kappa shape index (κ2) is 6.15. The maximum absolute atomic E-state index is 3.70. The molecule has 1 nitrogen and oxygen atoms in total. The normalized spacial score (nSPS) is 27.2. The fraction of sp³-hybridized carbons (Fsp3) is 1.00. The largest absolute Gasteiger partial charge is 0.313 e. The highest BCUT2D eigenvalue weighted by Gasteiger charge is 2.22. The molecule has 0 aromatic carbocycles. The van der Waals surface area contributed by atoms with Gasteiger partial charge in [-0.2, -0.15) is 11.8 Å². The minimum Gasteiger partial charge on any atom is -0.313 e. The van der Waals surface area contributed by atoms with Crippen molar-refractivity contribution in [3.05, 3.63) is 0 Å². The van der Waals surface area contributed by atoms with Crippen LogP contribution in [0.4, 0.5) is 0 Å². The van der Waals surface area contributed by atoms with Gasteiger partial charge in [0.25, 0.3) is 0 Å². The summed E-state index contributed by atoms with van der Waals surface area (Å²) in [5.41, 5.74) is 0. The van der Waals surface area contributed by atoms with Crippen LogP contribution >= 0.6 is 11.8 Å². The van der Waals surface area contributed by atoms with Crippen molar-refractivity contribution in [2.45, 2.75) is 64.2 Å². The highest BCUT2D eigenvalue weighted by molar-refractivity contribution is 8.00. The Morgan fingerprint density at radius 3 is 2.53 bits per heavy atom. The van der Waals surface area contributed by atoms with E-state index in [9.17, 15) is 0 Å². The average Bonchev–Trinajstić information content (AvgIpc) is 2.59. The minimum absolute atomic E-state index is 0.420. The summed E-state index contributed by atoms with van der Waals surface area (Å²) < 4.78 is 0.420. The molecule has 0 heterocycles. The zero-order valence-electron chi connectivity index (χ0n) is 10.8. The van der Waals surface area contributed by atoms with Crippen LogP contribution in [0, 0.1) is 5.92 Å². The van der Waals surface area contributed by atoms with Crippen LogP contribution in [0.5, 0.6) is 0 Å². The van der Waals surface area contributed by atoms with Gasteiger partial charge in [-0.1, -0.05) is 34.1 Å². The van der Waals surface area contributed by atoms with Gasteiger partial charge in [0.05, 0.1) is 0 Å². The number of rotatable bonds is 5. The topological polar surface area (TPSA) is 12.0 Å². The quantitative estimate of drug-likeness (QED) is 0.722. The Labute approximate surface area is 99.8 Å². The minimum atomic E-state index is 0.420. The van der Waals surface area contributed by atoms with Gasteiger partial charge >= 0.3 is 0 Å². The lowest BCUT2D eigenvalue weighted by atomic mass is 10.1. The van der Waals surface area contributed by atoms with E-state index in [1.54, 1.807) is 0 Å². The zero-order chi connectivity index (χ0) is 11.3. The Morgan fingerprint density at radius 1 is 1.27 bits per heavy atom. The molecule has 1 saturated carbocycles. The molecule has 1 aliphatic carbocycles. The van der Waals surface area contributed by atoms with Crippen LogP contribution in [-0.4, -0.2) is 23.1 Å². The molecule has 2 heteroatoms. The van der Waals surface area contributed by atoms with Crippen LogP contribution in [0.2, 0.25) is 0 Å². The molecule has 0 aromatic rings. The third kappa shape index (κ3) is 5.82. The van der Waals surface area contributed by atoms with Crippen LogP contribution in [0.15, 0.2) is 0 Å². The first kappa shape index (κ1) is 13.4. The molecule has 1 aliphatic rings. The number of hydrogen-bond donors (Lipinski definition) is 1. The van der Waals surface area contributed by atoms with Gasteiger partial charge in [0.15, 0.2) is 0 Å². The summed E-state index contributed by atoms with van der Waals surface area (Å²) in [4.78, 5) is 0. The molecule has 0 spiro atoms. The van der Waals surface area contributed by atoms with Gasteiger partial charge in [-0.25, -0.2) is 0 Å². The molecular weight excluding hydrogens is 202 g/mol. The van der Waals surface area contributed by atoms with Crippen molar-refractivity contribution in [3.63, 3.8) is 0 Å². The molecule has 0 amide bonds. The Kier molecular flexibility index (Phi) is 5.48. The Balaban J connectivity index is 2.02. The molecule has 0 bridgehead atoms. The van der Waals surface area contributed by atoms with Crippen LogP contribution in [-0.2, 0) is 0 Å². The number of hydrogen-bond acceptors (Lipinski definition) is 2. The van der Waals surface area contributed by atoms with Crippen molar-refractivity contribution in [2.75, 3.05) is 12.3 Å². The van der Waals surface area contributed by atoms with E-state index in [0.717, 1.165) is 12.0 Å². The molecular formula is C13H27NS. The van der Waals surface area contributed by atoms with Gasteiger partial charge < -0.3 is 5.32 Å². The maximum atomic E-state index is 3.70. The highest BCUT2D eigenvalue weighted by Crippen LogP contribution is 2.28. The lowest BCUT2D eigenvalue weighted by Gasteiger charge is -2.19. The lowest BCUT2D eigenvalue weighted by Crippen LogP contribution is -2.29. The van der Waals surface area contributed by atoms with Gasteiger partial charge in [-0.05, 0) is 25.2 Å². The molecule has 2 atom stereocenters. The molecule has 0 aromatic heterocycles. The second-order valence-electron chi connectivity index (χ2n) is 5.70. The summed E-state index contributed by atoms with van der Waals surface area (Å²) in [6.45, 7) is 10.4. The second-order valence-corrected chi connectivity index (χ2v) is 7.62. The molecule has 0 aliphatic heterocycles. The van der Waals surface area contributed by atoms with Crippen LogP contribution in [0.3, 0.4) is 0 Å². The molecule has 90 valence electrons. The molecule has 15 heavy (non-hydrogen) atoms. The van der Waals surface area contributed by atoms with Crippen molar-refractivity contribution >= 4 is 11.8 Å². The van der Waals surface area contributed by atoms with E-state index >= 15 is 0 Å². The van der Waals surface area contributed by atoms with Gasteiger partial charge in [-0.3, -0.25) is 0 Å². The predicted molar refractivity (Wildman–Crippen MR) is 71.6 cm³/mol. The van der Waals surface area contributed by atoms with Crippen molar-refractivity contribution in [2.24, 2.45) is 5.92 Å². The smallest absolute Gasteiger partial charge is 0.00755 e. The molecule has 1 fully saturated rings. The fourth-order valence-electron chi connectivity index (χ4n) is 2.25. The lowest BCUT2D eigenvalue weighted by molar-refractivity contribution is 0.486. The summed E-state index contributed by atoms with van der Waals surface area (Å²) in [6.07, 6.45) is 5.63. The van der Waals surface area contributed by atoms with E-state index < -0.39 is 0 Å². The molecule has 2 unspecified atom stereocenters. The Hall–Kier alpha value is 0.310. The first-order chi connectivity index (χ1) is 7.01. The average molecular weight is 229 g/mol. The van der Waals surface area contributed by atoms with E-state index in [2.05, 4.69) is 44.8 Å². The third-order valence-electron chi connectivity index (χ3n) is 3.19. The first-order valence-electron chi connectivity index (χ1n) is 6.38. The molecule has 0 radical (unpaired) electrons.